The van der Waals surface area contributed by atoms with E-state index in [1.165, 1.54) is 51.6 Å². The van der Waals surface area contributed by atoms with Gasteiger partial charge in [0.1, 0.15) is 0 Å². The minimum atomic E-state index is 0.469. The maximum Gasteiger partial charge on any atom is 0.0351 e. The van der Waals surface area contributed by atoms with Crippen molar-refractivity contribution >= 4 is 11.6 Å². The van der Waals surface area contributed by atoms with Gasteiger partial charge in [0.25, 0.3) is 0 Å². The van der Waals surface area contributed by atoms with Gasteiger partial charge in [-0.25, -0.2) is 0 Å². The minimum absolute atomic E-state index is 0.469. The van der Waals surface area contributed by atoms with Crippen LogP contribution >= 0.6 is 11.6 Å². The Hall–Kier alpha value is 0.250. The summed E-state index contributed by atoms with van der Waals surface area (Å²) in [5, 5.41) is 0.469. The smallest absolute Gasteiger partial charge is 0.0351 e. The van der Waals surface area contributed by atoms with E-state index in [0.29, 0.717) is 5.38 Å². The third-order valence-electron chi connectivity index (χ3n) is 3.25. The Balaban J connectivity index is 1.83. The van der Waals surface area contributed by atoms with E-state index in [1.807, 2.05) is 0 Å². The molecule has 70 valence electrons. The first-order valence-electron chi connectivity index (χ1n) is 5.24. The average Bonchev–Trinajstić information content (AvgIpc) is 2.54. The molecule has 0 radical (unpaired) electrons. The van der Waals surface area contributed by atoms with Crippen molar-refractivity contribution in [3.8, 4) is 0 Å². The minimum Gasteiger partial charge on any atom is -0.300 e. The molecule has 12 heavy (non-hydrogen) atoms. The highest BCUT2D eigenvalue weighted by Crippen LogP contribution is 2.29. The van der Waals surface area contributed by atoms with Crippen molar-refractivity contribution in [2.45, 2.75) is 49.9 Å². The maximum atomic E-state index is 6.10. The van der Waals surface area contributed by atoms with Gasteiger partial charge < -0.3 is 4.90 Å². The van der Waals surface area contributed by atoms with E-state index in [4.69, 9.17) is 11.6 Å². The van der Waals surface area contributed by atoms with Gasteiger partial charge in [-0.2, -0.15) is 0 Å². The van der Waals surface area contributed by atoms with Crippen LogP contribution in [0, 0.1) is 0 Å². The number of hydrogen-bond acceptors (Lipinski definition) is 1. The number of nitrogens with zero attached hydrogens (tertiary/aromatic N) is 1. The van der Waals surface area contributed by atoms with Gasteiger partial charge in [-0.1, -0.05) is 6.42 Å². The summed E-state index contributed by atoms with van der Waals surface area (Å²) in [5.74, 6) is 0. The Morgan fingerprint density at radius 1 is 1.00 bits per heavy atom. The largest absolute Gasteiger partial charge is 0.300 e. The van der Waals surface area contributed by atoms with Crippen LogP contribution in [0.3, 0.4) is 0 Å². The molecule has 0 amide bonds. The predicted molar refractivity (Wildman–Crippen MR) is 52.7 cm³/mol. The first-order valence-corrected chi connectivity index (χ1v) is 5.68. The Bertz CT molecular complexity index is 140. The van der Waals surface area contributed by atoms with Crippen LogP contribution in [0.25, 0.3) is 0 Å². The molecule has 0 aromatic rings. The molecule has 1 aliphatic carbocycles. The molecule has 2 unspecified atom stereocenters. The zero-order chi connectivity index (χ0) is 8.39. The molecule has 2 atom stereocenters. The average molecular weight is 188 g/mol. The first-order chi connectivity index (χ1) is 5.86. The Kier molecular flexibility index (Phi) is 2.92. The molecule has 0 aromatic heterocycles. The number of hydrogen-bond donors (Lipinski definition) is 0. The van der Waals surface area contributed by atoms with Crippen LogP contribution in [0.5, 0.6) is 0 Å². The fraction of sp³-hybridized carbons (Fsp3) is 1.00. The van der Waals surface area contributed by atoms with E-state index in [1.54, 1.807) is 0 Å². The number of piperidine rings is 1. The Labute approximate surface area is 80.1 Å². The van der Waals surface area contributed by atoms with Crippen LogP contribution in [0.4, 0.5) is 0 Å². The lowest BCUT2D eigenvalue weighted by atomic mass is 10.1. The molecule has 0 aromatic carbocycles. The van der Waals surface area contributed by atoms with Gasteiger partial charge in [-0.05, 0) is 45.2 Å². The van der Waals surface area contributed by atoms with Crippen LogP contribution in [0.2, 0.25) is 0 Å². The van der Waals surface area contributed by atoms with Gasteiger partial charge in [0.2, 0.25) is 0 Å². The number of rotatable bonds is 1. The van der Waals surface area contributed by atoms with Crippen molar-refractivity contribution in [2.24, 2.45) is 0 Å². The Morgan fingerprint density at radius 2 is 1.75 bits per heavy atom. The van der Waals surface area contributed by atoms with E-state index in [2.05, 4.69) is 4.90 Å². The summed E-state index contributed by atoms with van der Waals surface area (Å²) in [6, 6.07) is 0.827. The van der Waals surface area contributed by atoms with Crippen molar-refractivity contribution in [1.82, 2.24) is 4.90 Å². The van der Waals surface area contributed by atoms with Crippen LogP contribution in [0.15, 0.2) is 0 Å². The second-order valence-corrected chi connectivity index (χ2v) is 4.78. The van der Waals surface area contributed by atoms with Gasteiger partial charge in [-0.15, -0.1) is 11.6 Å². The third kappa shape index (κ3) is 1.94. The zero-order valence-electron chi connectivity index (χ0n) is 7.64. The zero-order valence-corrected chi connectivity index (χ0v) is 8.39. The number of halogens is 1. The van der Waals surface area contributed by atoms with Crippen LogP contribution in [-0.4, -0.2) is 29.4 Å². The molecule has 0 N–H and O–H groups in total. The fourth-order valence-electron chi connectivity index (χ4n) is 2.52. The van der Waals surface area contributed by atoms with E-state index >= 15 is 0 Å². The van der Waals surface area contributed by atoms with Crippen LogP contribution < -0.4 is 0 Å². The molecule has 0 spiro atoms. The molecular weight excluding hydrogens is 170 g/mol. The summed E-state index contributed by atoms with van der Waals surface area (Å²) in [6.07, 6.45) is 8.07. The van der Waals surface area contributed by atoms with Crippen LogP contribution in [0.1, 0.15) is 38.5 Å². The molecule has 2 rings (SSSR count). The lowest BCUT2D eigenvalue weighted by Gasteiger charge is -2.32. The highest BCUT2D eigenvalue weighted by molar-refractivity contribution is 6.20. The van der Waals surface area contributed by atoms with Crippen LogP contribution in [-0.2, 0) is 0 Å². The van der Waals surface area contributed by atoms with E-state index in [-0.39, 0.29) is 0 Å². The Morgan fingerprint density at radius 3 is 2.33 bits per heavy atom. The summed E-state index contributed by atoms with van der Waals surface area (Å²) in [7, 11) is 0. The summed E-state index contributed by atoms with van der Waals surface area (Å²) >= 11 is 6.10. The number of alkyl halides is 1. The van der Waals surface area contributed by atoms with Gasteiger partial charge in [0.15, 0.2) is 0 Å². The summed E-state index contributed by atoms with van der Waals surface area (Å²) in [6.45, 7) is 2.66. The highest BCUT2D eigenvalue weighted by atomic mass is 35.5. The molecule has 1 saturated carbocycles. The molecule has 2 heteroatoms. The fourth-order valence-corrected chi connectivity index (χ4v) is 2.85. The second-order valence-electron chi connectivity index (χ2n) is 4.16. The van der Waals surface area contributed by atoms with Gasteiger partial charge >= 0.3 is 0 Å². The van der Waals surface area contributed by atoms with Gasteiger partial charge in [0.05, 0.1) is 0 Å². The van der Waals surface area contributed by atoms with E-state index in [0.717, 1.165) is 6.04 Å². The van der Waals surface area contributed by atoms with Gasteiger partial charge in [-0.3, -0.25) is 0 Å². The predicted octanol–water partition coefficient (Wildman–Crippen LogP) is 2.63. The van der Waals surface area contributed by atoms with Crippen molar-refractivity contribution in [3.63, 3.8) is 0 Å². The summed E-state index contributed by atoms with van der Waals surface area (Å²) in [4.78, 5) is 2.66. The normalized spacial score (nSPS) is 38.8. The molecule has 2 aliphatic rings. The first kappa shape index (κ1) is 8.83. The third-order valence-corrected chi connectivity index (χ3v) is 3.64. The molecule has 1 saturated heterocycles. The standard InChI is InChI=1S/C10H18ClN/c11-9-4-5-10(8-9)12-6-2-1-3-7-12/h9-10H,1-8H2. The summed E-state index contributed by atoms with van der Waals surface area (Å²) in [5.41, 5.74) is 0. The molecule has 2 fully saturated rings. The van der Waals surface area contributed by atoms with Crippen molar-refractivity contribution in [1.29, 1.82) is 0 Å². The highest BCUT2D eigenvalue weighted by Gasteiger charge is 2.28. The van der Waals surface area contributed by atoms with E-state index < -0.39 is 0 Å². The molecule has 1 heterocycles. The van der Waals surface area contributed by atoms with Crippen molar-refractivity contribution in [2.75, 3.05) is 13.1 Å². The molecule has 0 bridgehead atoms. The van der Waals surface area contributed by atoms with Gasteiger partial charge in [0, 0.05) is 11.4 Å². The SMILES string of the molecule is ClC1CCC(N2CCCCC2)C1. The lowest BCUT2D eigenvalue weighted by Crippen LogP contribution is -2.37. The maximum absolute atomic E-state index is 6.10. The molecule has 1 nitrogen and oxygen atoms in total. The van der Waals surface area contributed by atoms with Crippen molar-refractivity contribution in [3.05, 3.63) is 0 Å². The quantitative estimate of drug-likeness (QED) is 0.571. The topological polar surface area (TPSA) is 3.24 Å². The lowest BCUT2D eigenvalue weighted by molar-refractivity contribution is 0.165. The second kappa shape index (κ2) is 3.97. The van der Waals surface area contributed by atoms with E-state index in [9.17, 15) is 0 Å². The molecule has 1 aliphatic heterocycles. The van der Waals surface area contributed by atoms with Crippen molar-refractivity contribution < 1.29 is 0 Å². The number of likely N-dealkylation sites (tertiary alicyclic amines) is 1. The summed E-state index contributed by atoms with van der Waals surface area (Å²) < 4.78 is 0. The molecular formula is C10H18ClN. The monoisotopic (exact) mass is 187 g/mol.